The topological polar surface area (TPSA) is 106 Å². The second-order valence-electron chi connectivity index (χ2n) is 4.46. The molecular weight excluding hydrogens is 306 g/mol. The van der Waals surface area contributed by atoms with Crippen LogP contribution in [0.15, 0.2) is 30.5 Å². The van der Waals surface area contributed by atoms with Crippen molar-refractivity contribution in [1.82, 2.24) is 9.97 Å². The van der Waals surface area contributed by atoms with Crippen LogP contribution < -0.4 is 15.8 Å². The monoisotopic (exact) mass is 329 g/mol. The number of benzene rings is 1. The van der Waals surface area contributed by atoms with E-state index in [9.17, 15) is 0 Å². The van der Waals surface area contributed by atoms with E-state index in [4.69, 9.17) is 20.5 Å². The number of nitrogen functional groups attached to an aromatic ring is 1. The highest BCUT2D eigenvalue weighted by Crippen LogP contribution is 2.18. The molecular formula is C17H23N5O2. The first-order valence-corrected chi connectivity index (χ1v) is 7.70. The van der Waals surface area contributed by atoms with Crippen molar-refractivity contribution < 1.29 is 9.47 Å². The fraction of sp³-hybridized carbons (Fsp3) is 0.353. The third-order valence-electron chi connectivity index (χ3n) is 2.86. The second kappa shape index (κ2) is 10.8. The maximum absolute atomic E-state index is 8.77. The number of aromatic nitrogens is 2. The van der Waals surface area contributed by atoms with Gasteiger partial charge in [-0.25, -0.2) is 4.98 Å². The number of nitrogens with zero attached hydrogens (tertiary/aromatic N) is 3. The minimum Gasteiger partial charge on any atom is -0.461 e. The van der Waals surface area contributed by atoms with E-state index in [1.54, 1.807) is 19.2 Å². The summed E-state index contributed by atoms with van der Waals surface area (Å²) in [4.78, 5) is 8.21. The molecule has 128 valence electrons. The summed E-state index contributed by atoms with van der Waals surface area (Å²) < 4.78 is 10.2. The molecule has 1 heterocycles. The Hall–Kier alpha value is -2.85. The summed E-state index contributed by atoms with van der Waals surface area (Å²) in [6, 6.07) is 9.60. The van der Waals surface area contributed by atoms with Gasteiger partial charge in [0.25, 0.3) is 0 Å². The van der Waals surface area contributed by atoms with Crippen LogP contribution in [-0.2, 0) is 11.3 Å². The van der Waals surface area contributed by atoms with Crippen LogP contribution in [0.25, 0.3) is 0 Å². The molecule has 0 amide bonds. The van der Waals surface area contributed by atoms with Gasteiger partial charge in [-0.2, -0.15) is 10.2 Å². The van der Waals surface area contributed by atoms with Crippen molar-refractivity contribution in [1.29, 1.82) is 5.26 Å². The van der Waals surface area contributed by atoms with E-state index < -0.39 is 0 Å². The number of hydrogen-bond acceptors (Lipinski definition) is 7. The summed E-state index contributed by atoms with van der Waals surface area (Å²) in [5.41, 5.74) is 7.92. The van der Waals surface area contributed by atoms with Crippen LogP contribution in [0.3, 0.4) is 0 Å². The van der Waals surface area contributed by atoms with Gasteiger partial charge in [-0.05, 0) is 17.7 Å². The predicted octanol–water partition coefficient (Wildman–Crippen LogP) is 2.59. The van der Waals surface area contributed by atoms with Crippen LogP contribution in [0.1, 0.15) is 25.0 Å². The van der Waals surface area contributed by atoms with E-state index in [1.807, 2.05) is 26.0 Å². The smallest absolute Gasteiger partial charge is 0.318 e. The number of methoxy groups -OCH3 is 1. The SMILES string of the molecule is CC.COCCOc1ncc(N)c(NCc2ccc(C#N)cc2)n1. The van der Waals surface area contributed by atoms with E-state index in [0.29, 0.717) is 36.8 Å². The van der Waals surface area contributed by atoms with Gasteiger partial charge < -0.3 is 20.5 Å². The second-order valence-corrected chi connectivity index (χ2v) is 4.46. The number of nitriles is 1. The number of rotatable bonds is 7. The Morgan fingerprint density at radius 1 is 1.21 bits per heavy atom. The molecule has 3 N–H and O–H groups in total. The molecule has 0 bridgehead atoms. The van der Waals surface area contributed by atoms with Crippen molar-refractivity contribution in [2.24, 2.45) is 0 Å². The van der Waals surface area contributed by atoms with Crippen molar-refractivity contribution in [3.8, 4) is 12.1 Å². The molecule has 0 aliphatic carbocycles. The number of ether oxygens (including phenoxy) is 2. The Morgan fingerprint density at radius 2 is 1.92 bits per heavy atom. The summed E-state index contributed by atoms with van der Waals surface area (Å²) in [5.74, 6) is 0.506. The Labute approximate surface area is 142 Å². The summed E-state index contributed by atoms with van der Waals surface area (Å²) >= 11 is 0. The van der Waals surface area contributed by atoms with E-state index in [1.165, 1.54) is 6.20 Å². The zero-order chi connectivity index (χ0) is 17.8. The third-order valence-corrected chi connectivity index (χ3v) is 2.86. The zero-order valence-electron chi connectivity index (χ0n) is 14.2. The first-order chi connectivity index (χ1) is 11.7. The normalized spacial score (nSPS) is 9.42. The van der Waals surface area contributed by atoms with Gasteiger partial charge in [0.2, 0.25) is 0 Å². The van der Waals surface area contributed by atoms with E-state index in [-0.39, 0.29) is 6.01 Å². The molecule has 24 heavy (non-hydrogen) atoms. The quantitative estimate of drug-likeness (QED) is 0.752. The van der Waals surface area contributed by atoms with Crippen LogP contribution in [0.4, 0.5) is 11.5 Å². The van der Waals surface area contributed by atoms with Gasteiger partial charge in [0, 0.05) is 13.7 Å². The lowest BCUT2D eigenvalue weighted by Gasteiger charge is -2.10. The highest BCUT2D eigenvalue weighted by Gasteiger charge is 2.05. The molecule has 0 aliphatic rings. The third kappa shape index (κ3) is 6.10. The molecule has 2 rings (SSSR count). The first kappa shape index (κ1) is 19.2. The van der Waals surface area contributed by atoms with Gasteiger partial charge >= 0.3 is 6.01 Å². The molecule has 0 fully saturated rings. The summed E-state index contributed by atoms with van der Waals surface area (Å²) in [6.07, 6.45) is 1.50. The molecule has 0 radical (unpaired) electrons. The van der Waals surface area contributed by atoms with Crippen LogP contribution in [-0.4, -0.2) is 30.3 Å². The zero-order valence-corrected chi connectivity index (χ0v) is 14.2. The molecule has 0 saturated heterocycles. The highest BCUT2D eigenvalue weighted by molar-refractivity contribution is 5.60. The highest BCUT2D eigenvalue weighted by atomic mass is 16.5. The molecule has 0 spiro atoms. The van der Waals surface area contributed by atoms with Gasteiger partial charge in [0.1, 0.15) is 6.61 Å². The van der Waals surface area contributed by atoms with Crippen LogP contribution in [0.5, 0.6) is 6.01 Å². The van der Waals surface area contributed by atoms with Crippen molar-refractivity contribution in [3.05, 3.63) is 41.6 Å². The first-order valence-electron chi connectivity index (χ1n) is 7.70. The van der Waals surface area contributed by atoms with E-state index in [0.717, 1.165) is 5.56 Å². The van der Waals surface area contributed by atoms with E-state index >= 15 is 0 Å². The lowest BCUT2D eigenvalue weighted by molar-refractivity contribution is 0.141. The standard InChI is InChI=1S/C15H17N5O2.C2H6/c1-21-6-7-22-15-19-10-13(17)14(20-15)18-9-12-4-2-11(8-16)3-5-12;1-2/h2-5,10H,6-7,9,17H2,1H3,(H,18,19,20);1-2H3. The lowest BCUT2D eigenvalue weighted by Crippen LogP contribution is -2.10. The average molecular weight is 329 g/mol. The van der Waals surface area contributed by atoms with Crippen molar-refractivity contribution in [2.75, 3.05) is 31.4 Å². The lowest BCUT2D eigenvalue weighted by atomic mass is 10.1. The average Bonchev–Trinajstić information content (AvgIpc) is 2.64. The van der Waals surface area contributed by atoms with Crippen LogP contribution in [0.2, 0.25) is 0 Å². The van der Waals surface area contributed by atoms with Gasteiger partial charge in [-0.3, -0.25) is 0 Å². The van der Waals surface area contributed by atoms with Crippen molar-refractivity contribution in [2.45, 2.75) is 20.4 Å². The molecule has 1 aromatic heterocycles. The van der Waals surface area contributed by atoms with Crippen molar-refractivity contribution in [3.63, 3.8) is 0 Å². The predicted molar refractivity (Wildman–Crippen MR) is 93.6 cm³/mol. The minimum atomic E-state index is 0.244. The number of nitrogens with two attached hydrogens (primary N) is 1. The summed E-state index contributed by atoms with van der Waals surface area (Å²) in [7, 11) is 1.60. The minimum absolute atomic E-state index is 0.244. The summed E-state index contributed by atoms with van der Waals surface area (Å²) in [6.45, 7) is 5.36. The maximum Gasteiger partial charge on any atom is 0.318 e. The van der Waals surface area contributed by atoms with Gasteiger partial charge in [0.05, 0.1) is 30.1 Å². The number of nitrogens with one attached hydrogen (secondary N) is 1. The molecule has 7 nitrogen and oxygen atoms in total. The van der Waals surface area contributed by atoms with Gasteiger partial charge in [0.15, 0.2) is 5.82 Å². The summed E-state index contributed by atoms with van der Waals surface area (Å²) in [5, 5.41) is 11.9. The fourth-order valence-electron chi connectivity index (χ4n) is 1.69. The molecule has 7 heteroatoms. The fourth-order valence-corrected chi connectivity index (χ4v) is 1.69. The Balaban J connectivity index is 0.00000139. The number of hydrogen-bond donors (Lipinski definition) is 2. The molecule has 0 atom stereocenters. The molecule has 0 saturated carbocycles. The maximum atomic E-state index is 8.77. The molecule has 1 aromatic carbocycles. The Bertz CT molecular complexity index is 653. The largest absolute Gasteiger partial charge is 0.461 e. The van der Waals surface area contributed by atoms with Crippen LogP contribution in [0, 0.1) is 11.3 Å². The van der Waals surface area contributed by atoms with Crippen molar-refractivity contribution >= 4 is 11.5 Å². The van der Waals surface area contributed by atoms with Crippen LogP contribution >= 0.6 is 0 Å². The van der Waals surface area contributed by atoms with E-state index in [2.05, 4.69) is 21.4 Å². The molecule has 0 aliphatic heterocycles. The molecule has 0 unspecified atom stereocenters. The number of anilines is 2. The van der Waals surface area contributed by atoms with Gasteiger partial charge in [-0.1, -0.05) is 26.0 Å². The molecule has 2 aromatic rings. The Kier molecular flexibility index (Phi) is 8.64. The van der Waals surface area contributed by atoms with Gasteiger partial charge in [-0.15, -0.1) is 0 Å². The Morgan fingerprint density at radius 3 is 2.54 bits per heavy atom.